The summed E-state index contributed by atoms with van der Waals surface area (Å²) in [5.74, 6) is 0.721. The van der Waals surface area contributed by atoms with Crippen LogP contribution in [0.4, 0.5) is 11.4 Å². The van der Waals surface area contributed by atoms with E-state index in [9.17, 15) is 0 Å². The first-order chi connectivity index (χ1) is 6.24. The van der Waals surface area contributed by atoms with Gasteiger partial charge in [-0.1, -0.05) is 0 Å². The summed E-state index contributed by atoms with van der Waals surface area (Å²) in [5.41, 5.74) is 12.9. The maximum Gasteiger partial charge on any atom is 0.159 e. The van der Waals surface area contributed by atoms with Gasteiger partial charge in [-0.25, -0.2) is 0 Å². The van der Waals surface area contributed by atoms with Crippen LogP contribution in [0.1, 0.15) is 0 Å². The number of anilines is 2. The quantitative estimate of drug-likeness (QED) is 0.683. The largest absolute Gasteiger partial charge is 0.493 e. The van der Waals surface area contributed by atoms with Gasteiger partial charge in [-0.2, -0.15) is 0 Å². The fourth-order valence-corrected chi connectivity index (χ4v) is 2.33. The zero-order valence-corrected chi connectivity index (χ0v) is 8.02. The maximum atomic E-state index is 5.80. The molecule has 0 aliphatic heterocycles. The second kappa shape index (κ2) is 2.81. The highest BCUT2D eigenvalue weighted by Crippen LogP contribution is 2.38. The monoisotopic (exact) mass is 194 g/mol. The van der Waals surface area contributed by atoms with Crippen molar-refractivity contribution in [2.45, 2.75) is 0 Å². The molecule has 2 rings (SSSR count). The molecular formula is C9H10N2OS. The van der Waals surface area contributed by atoms with Crippen molar-refractivity contribution >= 4 is 32.8 Å². The Morgan fingerprint density at radius 2 is 2.08 bits per heavy atom. The highest BCUT2D eigenvalue weighted by molar-refractivity contribution is 7.17. The van der Waals surface area contributed by atoms with Crippen LogP contribution in [0.2, 0.25) is 0 Å². The number of fused-ring (bicyclic) bond motifs is 1. The molecule has 4 heteroatoms. The standard InChI is InChI=1S/C9H10N2OS/c1-12-8-7(11)4-6(10)5-2-3-13-9(5)8/h2-4H,10-11H2,1H3. The molecule has 0 aliphatic rings. The average Bonchev–Trinajstić information content (AvgIpc) is 2.53. The van der Waals surface area contributed by atoms with Crippen LogP contribution in [0.3, 0.4) is 0 Å². The third-order valence-corrected chi connectivity index (χ3v) is 2.87. The molecule has 1 aromatic carbocycles. The van der Waals surface area contributed by atoms with Crippen LogP contribution in [0.25, 0.3) is 10.1 Å². The topological polar surface area (TPSA) is 61.3 Å². The normalized spacial score (nSPS) is 10.5. The summed E-state index contributed by atoms with van der Waals surface area (Å²) < 4.78 is 6.22. The Morgan fingerprint density at radius 3 is 2.77 bits per heavy atom. The summed E-state index contributed by atoms with van der Waals surface area (Å²) in [6.07, 6.45) is 0. The van der Waals surface area contributed by atoms with E-state index < -0.39 is 0 Å². The van der Waals surface area contributed by atoms with Crippen molar-refractivity contribution in [3.63, 3.8) is 0 Å². The number of benzene rings is 1. The van der Waals surface area contributed by atoms with Gasteiger partial charge in [0.05, 0.1) is 17.5 Å². The first-order valence-corrected chi connectivity index (χ1v) is 4.71. The minimum Gasteiger partial charge on any atom is -0.493 e. The Balaban J connectivity index is 2.88. The zero-order chi connectivity index (χ0) is 9.42. The molecule has 0 fully saturated rings. The number of ether oxygens (including phenoxy) is 1. The van der Waals surface area contributed by atoms with Crippen LogP contribution >= 0.6 is 11.3 Å². The molecule has 0 saturated heterocycles. The number of hydrogen-bond donors (Lipinski definition) is 2. The lowest BCUT2D eigenvalue weighted by molar-refractivity contribution is 0.422. The number of thiophene rings is 1. The van der Waals surface area contributed by atoms with Gasteiger partial charge in [0.1, 0.15) is 0 Å². The first kappa shape index (κ1) is 8.19. The van der Waals surface area contributed by atoms with E-state index in [1.807, 2.05) is 11.4 Å². The third-order valence-electron chi connectivity index (χ3n) is 1.96. The van der Waals surface area contributed by atoms with E-state index in [-0.39, 0.29) is 0 Å². The third kappa shape index (κ3) is 1.10. The second-order valence-electron chi connectivity index (χ2n) is 2.75. The molecule has 2 aromatic rings. The molecule has 68 valence electrons. The molecular weight excluding hydrogens is 184 g/mol. The van der Waals surface area contributed by atoms with Crippen LogP contribution in [0.5, 0.6) is 5.75 Å². The molecule has 0 unspecified atom stereocenters. The van der Waals surface area contributed by atoms with Crippen LogP contribution in [0, 0.1) is 0 Å². The predicted molar refractivity (Wildman–Crippen MR) is 57.2 cm³/mol. The Labute approximate surface area is 79.9 Å². The van der Waals surface area contributed by atoms with Gasteiger partial charge in [0, 0.05) is 11.1 Å². The number of methoxy groups -OCH3 is 1. The van der Waals surface area contributed by atoms with Crippen molar-refractivity contribution in [1.29, 1.82) is 0 Å². The highest BCUT2D eigenvalue weighted by Gasteiger charge is 2.09. The summed E-state index contributed by atoms with van der Waals surface area (Å²) in [5, 5.41) is 2.99. The SMILES string of the molecule is COc1c(N)cc(N)c2ccsc12. The van der Waals surface area contributed by atoms with Crippen molar-refractivity contribution in [2.75, 3.05) is 18.6 Å². The molecule has 0 atom stereocenters. The molecule has 0 aliphatic carbocycles. The van der Waals surface area contributed by atoms with Crippen LogP contribution in [-0.4, -0.2) is 7.11 Å². The number of rotatable bonds is 1. The van der Waals surface area contributed by atoms with Gasteiger partial charge in [-0.05, 0) is 17.5 Å². The van der Waals surface area contributed by atoms with Crippen molar-refractivity contribution in [2.24, 2.45) is 0 Å². The summed E-state index contributed by atoms with van der Waals surface area (Å²) in [7, 11) is 1.61. The molecule has 0 saturated carbocycles. The van der Waals surface area contributed by atoms with Crippen molar-refractivity contribution in [3.8, 4) is 5.75 Å². The summed E-state index contributed by atoms with van der Waals surface area (Å²) >= 11 is 1.58. The van der Waals surface area contributed by atoms with Gasteiger partial charge in [0.2, 0.25) is 0 Å². The van der Waals surface area contributed by atoms with Crippen molar-refractivity contribution in [1.82, 2.24) is 0 Å². The second-order valence-corrected chi connectivity index (χ2v) is 3.67. The average molecular weight is 194 g/mol. The summed E-state index contributed by atoms with van der Waals surface area (Å²) in [6, 6.07) is 3.70. The first-order valence-electron chi connectivity index (χ1n) is 3.83. The van der Waals surface area contributed by atoms with E-state index in [1.165, 1.54) is 0 Å². The lowest BCUT2D eigenvalue weighted by Gasteiger charge is -2.07. The molecule has 13 heavy (non-hydrogen) atoms. The Kier molecular flexibility index (Phi) is 1.77. The van der Waals surface area contributed by atoms with E-state index >= 15 is 0 Å². The highest BCUT2D eigenvalue weighted by atomic mass is 32.1. The lowest BCUT2D eigenvalue weighted by atomic mass is 10.2. The van der Waals surface area contributed by atoms with Gasteiger partial charge in [-0.3, -0.25) is 0 Å². The van der Waals surface area contributed by atoms with E-state index in [4.69, 9.17) is 16.2 Å². The molecule has 1 aromatic heterocycles. The van der Waals surface area contributed by atoms with Gasteiger partial charge in [0.15, 0.2) is 5.75 Å². The molecule has 4 N–H and O–H groups in total. The molecule has 1 heterocycles. The zero-order valence-electron chi connectivity index (χ0n) is 7.20. The van der Waals surface area contributed by atoms with E-state index in [2.05, 4.69) is 0 Å². The smallest absolute Gasteiger partial charge is 0.159 e. The van der Waals surface area contributed by atoms with E-state index in [0.717, 1.165) is 15.8 Å². The van der Waals surface area contributed by atoms with E-state index in [1.54, 1.807) is 24.5 Å². The van der Waals surface area contributed by atoms with Crippen molar-refractivity contribution < 1.29 is 4.74 Å². The van der Waals surface area contributed by atoms with Gasteiger partial charge in [0.25, 0.3) is 0 Å². The van der Waals surface area contributed by atoms with Crippen molar-refractivity contribution in [3.05, 3.63) is 17.5 Å². The summed E-state index contributed by atoms with van der Waals surface area (Å²) in [6.45, 7) is 0. The molecule has 0 amide bonds. The molecule has 0 bridgehead atoms. The minimum absolute atomic E-state index is 0.593. The van der Waals surface area contributed by atoms with Crippen LogP contribution in [0.15, 0.2) is 17.5 Å². The van der Waals surface area contributed by atoms with Gasteiger partial charge in [-0.15, -0.1) is 11.3 Å². The fourth-order valence-electron chi connectivity index (χ4n) is 1.36. The molecule has 0 spiro atoms. The van der Waals surface area contributed by atoms with Crippen LogP contribution in [-0.2, 0) is 0 Å². The lowest BCUT2D eigenvalue weighted by Crippen LogP contribution is -1.95. The molecule has 3 nitrogen and oxygen atoms in total. The molecule has 0 radical (unpaired) electrons. The fraction of sp³-hybridized carbons (Fsp3) is 0.111. The minimum atomic E-state index is 0.593. The number of hydrogen-bond acceptors (Lipinski definition) is 4. The Bertz CT molecular complexity index is 450. The van der Waals surface area contributed by atoms with E-state index in [0.29, 0.717) is 11.4 Å². The number of nitrogens with two attached hydrogens (primary N) is 2. The number of nitrogen functional groups attached to an aromatic ring is 2. The Hall–Kier alpha value is -1.42. The van der Waals surface area contributed by atoms with Crippen LogP contribution < -0.4 is 16.2 Å². The van der Waals surface area contributed by atoms with Gasteiger partial charge < -0.3 is 16.2 Å². The predicted octanol–water partition coefficient (Wildman–Crippen LogP) is 2.07. The summed E-state index contributed by atoms with van der Waals surface area (Å²) in [4.78, 5) is 0. The van der Waals surface area contributed by atoms with Gasteiger partial charge >= 0.3 is 0 Å². The maximum absolute atomic E-state index is 5.80. The Morgan fingerprint density at radius 1 is 1.31 bits per heavy atom.